The van der Waals surface area contributed by atoms with E-state index in [2.05, 4.69) is 31.7 Å². The van der Waals surface area contributed by atoms with Crippen LogP contribution in [-0.4, -0.2) is 0 Å². The van der Waals surface area contributed by atoms with Crippen LogP contribution in [0.15, 0.2) is 47.5 Å². The Morgan fingerprint density at radius 3 is 2.53 bits per heavy atom. The Kier molecular flexibility index (Phi) is 5.20. The second kappa shape index (κ2) is 6.47. The Hall–Kier alpha value is -1.01. The summed E-state index contributed by atoms with van der Waals surface area (Å²) in [6.45, 7) is 5.98. The lowest BCUT2D eigenvalue weighted by atomic mass is 10.1. The molecule has 1 aromatic rings. The molecule has 0 heterocycles. The van der Waals surface area contributed by atoms with Gasteiger partial charge in [-0.2, -0.15) is 0 Å². The van der Waals surface area contributed by atoms with Crippen LogP contribution in [0.3, 0.4) is 0 Å². The van der Waals surface area contributed by atoms with Crippen LogP contribution >= 0.6 is 11.6 Å². The first-order chi connectivity index (χ1) is 7.24. The van der Waals surface area contributed by atoms with E-state index >= 15 is 0 Å². The first-order valence-corrected chi connectivity index (χ1v) is 5.72. The number of hydrogen-bond donors (Lipinski definition) is 0. The molecule has 0 fully saturated rings. The minimum absolute atomic E-state index is 0.660. The summed E-state index contributed by atoms with van der Waals surface area (Å²) in [4.78, 5) is 0. The molecular formula is C14H17Cl. The van der Waals surface area contributed by atoms with E-state index in [9.17, 15) is 0 Å². The Balaban J connectivity index is 2.79. The summed E-state index contributed by atoms with van der Waals surface area (Å²) in [5.74, 6) is 0. The molecule has 80 valence electrons. The van der Waals surface area contributed by atoms with Crippen molar-refractivity contribution in [2.45, 2.75) is 26.2 Å². The van der Waals surface area contributed by atoms with E-state index in [0.29, 0.717) is 5.03 Å². The molecule has 15 heavy (non-hydrogen) atoms. The van der Waals surface area contributed by atoms with Gasteiger partial charge < -0.3 is 0 Å². The molecule has 1 rings (SSSR count). The molecule has 0 radical (unpaired) electrons. The second-order valence-corrected chi connectivity index (χ2v) is 4.04. The predicted octanol–water partition coefficient (Wildman–Crippen LogP) is 5.01. The molecule has 0 N–H and O–H groups in total. The van der Waals surface area contributed by atoms with Gasteiger partial charge in [0.25, 0.3) is 0 Å². The average Bonchev–Trinajstić information content (AvgIpc) is 2.25. The van der Waals surface area contributed by atoms with Gasteiger partial charge in [0.2, 0.25) is 0 Å². The number of allylic oxidation sites excluding steroid dienone is 2. The number of unbranched alkanes of at least 4 members (excludes halogenated alkanes) is 1. The van der Waals surface area contributed by atoms with Crippen molar-refractivity contribution in [3.8, 4) is 0 Å². The number of halogens is 1. The SMILES string of the molecule is C=C(Cl)/C(=C/c1ccccc1)CCCC. The maximum absolute atomic E-state index is 5.97. The fraction of sp³-hybridized carbons (Fsp3) is 0.286. The van der Waals surface area contributed by atoms with E-state index in [1.807, 2.05) is 18.2 Å². The third kappa shape index (κ3) is 4.35. The molecule has 0 saturated heterocycles. The minimum Gasteiger partial charge on any atom is -0.0847 e. The molecule has 0 aliphatic rings. The van der Waals surface area contributed by atoms with Crippen LogP contribution in [0, 0.1) is 0 Å². The van der Waals surface area contributed by atoms with Gasteiger partial charge in [-0.1, -0.05) is 67.9 Å². The van der Waals surface area contributed by atoms with Gasteiger partial charge in [0.05, 0.1) is 0 Å². The normalized spacial score (nSPS) is 11.5. The van der Waals surface area contributed by atoms with Crippen molar-refractivity contribution in [3.63, 3.8) is 0 Å². The molecule has 0 aliphatic carbocycles. The zero-order valence-electron chi connectivity index (χ0n) is 9.17. The number of rotatable bonds is 5. The van der Waals surface area contributed by atoms with E-state index in [1.165, 1.54) is 12.0 Å². The molecule has 0 unspecified atom stereocenters. The summed E-state index contributed by atoms with van der Waals surface area (Å²) in [6, 6.07) is 10.2. The standard InChI is InChI=1S/C14H17Cl/c1-3-4-10-14(12(2)15)11-13-8-6-5-7-9-13/h5-9,11H,2-4,10H2,1H3/b14-11+. The van der Waals surface area contributed by atoms with Crippen LogP contribution in [-0.2, 0) is 0 Å². The highest BCUT2D eigenvalue weighted by Gasteiger charge is 1.99. The summed E-state index contributed by atoms with van der Waals surface area (Å²) >= 11 is 5.97. The van der Waals surface area contributed by atoms with Crippen LogP contribution < -0.4 is 0 Å². The third-order valence-electron chi connectivity index (χ3n) is 2.29. The van der Waals surface area contributed by atoms with Gasteiger partial charge in [0.15, 0.2) is 0 Å². The van der Waals surface area contributed by atoms with Crippen LogP contribution in [0.1, 0.15) is 31.7 Å². The van der Waals surface area contributed by atoms with Crippen molar-refractivity contribution >= 4 is 17.7 Å². The van der Waals surface area contributed by atoms with Gasteiger partial charge in [-0.25, -0.2) is 0 Å². The van der Waals surface area contributed by atoms with Gasteiger partial charge in [-0.3, -0.25) is 0 Å². The lowest BCUT2D eigenvalue weighted by molar-refractivity contribution is 0.799. The van der Waals surface area contributed by atoms with Crippen LogP contribution in [0.25, 0.3) is 6.08 Å². The molecule has 1 aromatic carbocycles. The van der Waals surface area contributed by atoms with Crippen LogP contribution in [0.4, 0.5) is 0 Å². The van der Waals surface area contributed by atoms with Gasteiger partial charge in [0.1, 0.15) is 0 Å². The zero-order chi connectivity index (χ0) is 11.1. The monoisotopic (exact) mass is 220 g/mol. The fourth-order valence-electron chi connectivity index (χ4n) is 1.40. The molecule has 0 amide bonds. The van der Waals surface area contributed by atoms with Gasteiger partial charge in [-0.05, 0) is 24.0 Å². The summed E-state index contributed by atoms with van der Waals surface area (Å²) in [7, 11) is 0. The van der Waals surface area contributed by atoms with Gasteiger partial charge in [0, 0.05) is 5.03 Å². The molecule has 0 aliphatic heterocycles. The first-order valence-electron chi connectivity index (χ1n) is 5.34. The molecule has 0 atom stereocenters. The van der Waals surface area contributed by atoms with Gasteiger partial charge >= 0.3 is 0 Å². The van der Waals surface area contributed by atoms with E-state index in [0.717, 1.165) is 18.4 Å². The highest BCUT2D eigenvalue weighted by atomic mass is 35.5. The lowest BCUT2D eigenvalue weighted by Gasteiger charge is -2.04. The first kappa shape index (κ1) is 12.1. The average molecular weight is 221 g/mol. The highest BCUT2D eigenvalue weighted by Crippen LogP contribution is 2.21. The highest BCUT2D eigenvalue weighted by molar-refractivity contribution is 6.32. The number of hydrogen-bond acceptors (Lipinski definition) is 0. The molecule has 1 heteroatoms. The van der Waals surface area contributed by atoms with Crippen molar-refractivity contribution in [3.05, 3.63) is 53.1 Å². The van der Waals surface area contributed by atoms with Crippen molar-refractivity contribution < 1.29 is 0 Å². The topological polar surface area (TPSA) is 0 Å². The molecule has 0 bridgehead atoms. The molecular weight excluding hydrogens is 204 g/mol. The van der Waals surface area contributed by atoms with Crippen LogP contribution in [0.2, 0.25) is 0 Å². The largest absolute Gasteiger partial charge is 0.0847 e. The smallest absolute Gasteiger partial charge is 0.0366 e. The van der Waals surface area contributed by atoms with Crippen molar-refractivity contribution in [2.75, 3.05) is 0 Å². The zero-order valence-corrected chi connectivity index (χ0v) is 9.93. The minimum atomic E-state index is 0.660. The molecule has 0 aromatic heterocycles. The Bertz CT molecular complexity index is 336. The summed E-state index contributed by atoms with van der Waals surface area (Å²) in [5.41, 5.74) is 2.33. The predicted molar refractivity (Wildman–Crippen MR) is 68.9 cm³/mol. The van der Waals surface area contributed by atoms with E-state index in [-0.39, 0.29) is 0 Å². The van der Waals surface area contributed by atoms with E-state index in [4.69, 9.17) is 11.6 Å². The number of benzene rings is 1. The Morgan fingerprint density at radius 1 is 1.33 bits per heavy atom. The molecule has 0 spiro atoms. The lowest BCUT2D eigenvalue weighted by Crippen LogP contribution is -1.84. The third-order valence-corrected chi connectivity index (χ3v) is 2.53. The molecule has 0 nitrogen and oxygen atoms in total. The van der Waals surface area contributed by atoms with Crippen molar-refractivity contribution in [1.29, 1.82) is 0 Å². The van der Waals surface area contributed by atoms with Crippen molar-refractivity contribution in [2.24, 2.45) is 0 Å². The summed E-state index contributed by atoms with van der Waals surface area (Å²) < 4.78 is 0. The van der Waals surface area contributed by atoms with Crippen LogP contribution in [0.5, 0.6) is 0 Å². The van der Waals surface area contributed by atoms with E-state index < -0.39 is 0 Å². The summed E-state index contributed by atoms with van der Waals surface area (Å²) in [5, 5.41) is 0.660. The second-order valence-electron chi connectivity index (χ2n) is 3.59. The van der Waals surface area contributed by atoms with Crippen molar-refractivity contribution in [1.82, 2.24) is 0 Å². The quantitative estimate of drug-likeness (QED) is 0.612. The van der Waals surface area contributed by atoms with E-state index in [1.54, 1.807) is 0 Å². The Labute approximate surface area is 97.3 Å². The Morgan fingerprint density at radius 2 is 2.00 bits per heavy atom. The molecule has 0 saturated carbocycles. The maximum Gasteiger partial charge on any atom is 0.0366 e. The van der Waals surface area contributed by atoms with Gasteiger partial charge in [-0.15, -0.1) is 0 Å². The maximum atomic E-state index is 5.97. The summed E-state index contributed by atoms with van der Waals surface area (Å²) in [6.07, 6.45) is 5.46. The fourth-order valence-corrected chi connectivity index (χ4v) is 1.55.